The Kier molecular flexibility index (Phi) is 4.75. The van der Waals surface area contributed by atoms with Crippen LogP contribution in [0.25, 0.3) is 5.70 Å². The Morgan fingerprint density at radius 1 is 1.04 bits per heavy atom. The maximum Gasteiger partial charge on any atom is 0.439 e. The molecule has 1 aliphatic heterocycles. The molecule has 0 saturated heterocycles. The van der Waals surface area contributed by atoms with E-state index in [0.717, 1.165) is 22.5 Å². The van der Waals surface area contributed by atoms with Crippen molar-refractivity contribution in [2.24, 2.45) is 4.99 Å². The van der Waals surface area contributed by atoms with Crippen LogP contribution in [0, 0.1) is 0 Å². The highest BCUT2D eigenvalue weighted by atomic mass is 16.2. The van der Waals surface area contributed by atoms with Crippen molar-refractivity contribution < 1.29 is 9.28 Å². The normalized spacial score (nSPS) is 18.8. The number of carbonyl (C=O) groups excluding carboxylic acids is 1. The van der Waals surface area contributed by atoms with Crippen molar-refractivity contribution in [3.63, 3.8) is 0 Å². The molecule has 4 rings (SSSR count). The number of hydrogen-bond acceptors (Lipinski definition) is 3. The molecule has 5 heteroatoms. The van der Waals surface area contributed by atoms with E-state index in [1.54, 1.807) is 29.6 Å². The van der Waals surface area contributed by atoms with Gasteiger partial charge in [-0.05, 0) is 19.4 Å². The predicted octanol–water partition coefficient (Wildman–Crippen LogP) is 4.73. The molecular formula is C23H23N4O+. The largest absolute Gasteiger partial charge is 0.439 e. The summed E-state index contributed by atoms with van der Waals surface area (Å²) in [7, 11) is 0. The van der Waals surface area contributed by atoms with Gasteiger partial charge in [-0.15, -0.1) is 0 Å². The van der Waals surface area contributed by atoms with Crippen LogP contribution in [0.2, 0.25) is 0 Å². The van der Waals surface area contributed by atoms with Crippen LogP contribution >= 0.6 is 0 Å². The van der Waals surface area contributed by atoms with Gasteiger partial charge in [0.2, 0.25) is 6.34 Å². The highest BCUT2D eigenvalue weighted by Gasteiger charge is 2.49. The van der Waals surface area contributed by atoms with Gasteiger partial charge in [0, 0.05) is 18.0 Å². The van der Waals surface area contributed by atoms with Gasteiger partial charge in [-0.1, -0.05) is 60.7 Å². The molecule has 1 aromatic heterocycles. The number of carbonyl (C=O) groups is 1. The Balaban J connectivity index is 1.90. The monoisotopic (exact) mass is 371 g/mol. The fourth-order valence-electron chi connectivity index (χ4n) is 3.70. The maximum atomic E-state index is 13.6. The second-order valence-electron chi connectivity index (χ2n) is 7.19. The molecule has 28 heavy (non-hydrogen) atoms. The van der Waals surface area contributed by atoms with Gasteiger partial charge in [0.1, 0.15) is 18.1 Å². The van der Waals surface area contributed by atoms with E-state index < -0.39 is 0 Å². The molecule has 0 N–H and O–H groups in total. The van der Waals surface area contributed by atoms with Crippen molar-refractivity contribution in [3.05, 3.63) is 96.2 Å². The maximum absolute atomic E-state index is 13.6. The van der Waals surface area contributed by atoms with Crippen molar-refractivity contribution in [2.75, 3.05) is 0 Å². The van der Waals surface area contributed by atoms with E-state index in [4.69, 9.17) is 4.99 Å². The Bertz CT molecular complexity index is 1020. The third kappa shape index (κ3) is 3.00. The SMILES string of the molecule is CC(C)[N+]1(C(=O)n2ccnc2)C=NC(c2ccccc2)=C1Cc1ccccc1. The van der Waals surface area contributed by atoms with Crippen LogP contribution in [-0.4, -0.2) is 32.4 Å². The topological polar surface area (TPSA) is 47.2 Å². The number of aromatic nitrogens is 2. The van der Waals surface area contributed by atoms with Gasteiger partial charge in [0.15, 0.2) is 5.70 Å². The molecular weight excluding hydrogens is 348 g/mol. The van der Waals surface area contributed by atoms with Crippen molar-refractivity contribution in [1.29, 1.82) is 0 Å². The van der Waals surface area contributed by atoms with Crippen LogP contribution in [0.4, 0.5) is 4.79 Å². The Morgan fingerprint density at radius 2 is 1.71 bits per heavy atom. The summed E-state index contributed by atoms with van der Waals surface area (Å²) < 4.78 is 1.60. The summed E-state index contributed by atoms with van der Waals surface area (Å²) >= 11 is 0. The second-order valence-corrected chi connectivity index (χ2v) is 7.19. The third-order valence-electron chi connectivity index (χ3n) is 5.21. The lowest BCUT2D eigenvalue weighted by Crippen LogP contribution is -2.56. The minimum Gasteiger partial charge on any atom is -0.245 e. The minimum absolute atomic E-state index is 0.0152. The molecule has 2 heterocycles. The fraction of sp³-hybridized carbons (Fsp3) is 0.174. The molecule has 0 bridgehead atoms. The zero-order valence-electron chi connectivity index (χ0n) is 16.1. The van der Waals surface area contributed by atoms with Crippen molar-refractivity contribution in [2.45, 2.75) is 26.3 Å². The lowest BCUT2D eigenvalue weighted by Gasteiger charge is -2.33. The van der Waals surface area contributed by atoms with Crippen molar-refractivity contribution >= 4 is 18.1 Å². The van der Waals surface area contributed by atoms with Crippen LogP contribution in [0.15, 0.2) is 90.1 Å². The zero-order valence-corrected chi connectivity index (χ0v) is 16.1. The molecule has 0 fully saturated rings. The number of amides is 1. The molecule has 0 radical (unpaired) electrons. The summed E-state index contributed by atoms with van der Waals surface area (Å²) in [5.74, 6) is 0. The quantitative estimate of drug-likeness (QED) is 0.623. The van der Waals surface area contributed by atoms with Gasteiger partial charge in [0.25, 0.3) is 0 Å². The van der Waals surface area contributed by atoms with Gasteiger partial charge >= 0.3 is 6.03 Å². The molecule has 1 amide bonds. The Hall–Kier alpha value is -3.31. The minimum atomic E-state index is -0.0758. The van der Waals surface area contributed by atoms with Crippen LogP contribution in [-0.2, 0) is 6.42 Å². The Morgan fingerprint density at radius 3 is 2.32 bits per heavy atom. The van der Waals surface area contributed by atoms with E-state index in [2.05, 4.69) is 31.0 Å². The van der Waals surface area contributed by atoms with E-state index in [1.165, 1.54) is 0 Å². The zero-order chi connectivity index (χ0) is 19.6. The lowest BCUT2D eigenvalue weighted by molar-refractivity contribution is -0.733. The predicted molar refractivity (Wildman–Crippen MR) is 110 cm³/mol. The summed E-state index contributed by atoms with van der Waals surface area (Å²) in [6.07, 6.45) is 7.30. The molecule has 1 unspecified atom stereocenters. The first-order valence-electron chi connectivity index (χ1n) is 9.42. The molecule has 0 saturated carbocycles. The number of nitrogens with zero attached hydrogens (tertiary/aromatic N) is 4. The first-order chi connectivity index (χ1) is 13.6. The molecule has 1 atom stereocenters. The standard InChI is InChI=1S/C23H23N4O/c1-18(2)27(23(28)26-14-13-24-16-26)17-25-22(20-11-7-4-8-12-20)21(27)15-19-9-5-3-6-10-19/h3-14,16-18H,15H2,1-2H3/q+1. The molecule has 2 aromatic carbocycles. The fourth-order valence-corrected chi connectivity index (χ4v) is 3.70. The second kappa shape index (κ2) is 7.37. The van der Waals surface area contributed by atoms with Crippen LogP contribution in [0.1, 0.15) is 25.0 Å². The number of aliphatic imine (C=N–C) groups is 1. The molecule has 140 valence electrons. The number of quaternary nitrogens is 1. The summed E-state index contributed by atoms with van der Waals surface area (Å²) in [5.41, 5.74) is 4.01. The van der Waals surface area contributed by atoms with Gasteiger partial charge in [0.05, 0.1) is 6.42 Å². The highest BCUT2D eigenvalue weighted by molar-refractivity contribution is 5.88. The van der Waals surface area contributed by atoms with E-state index in [-0.39, 0.29) is 16.6 Å². The van der Waals surface area contributed by atoms with Gasteiger partial charge in [-0.2, -0.15) is 9.48 Å². The van der Waals surface area contributed by atoms with Gasteiger partial charge < -0.3 is 0 Å². The summed E-state index contributed by atoms with van der Waals surface area (Å²) in [6, 6.07) is 20.2. The average Bonchev–Trinajstić information content (AvgIpc) is 3.38. The summed E-state index contributed by atoms with van der Waals surface area (Å²) in [5, 5.41) is 0. The van der Waals surface area contributed by atoms with Crippen LogP contribution < -0.4 is 0 Å². The van der Waals surface area contributed by atoms with E-state index in [9.17, 15) is 4.79 Å². The molecule has 3 aromatic rings. The van der Waals surface area contributed by atoms with E-state index >= 15 is 0 Å². The van der Waals surface area contributed by atoms with E-state index in [0.29, 0.717) is 6.42 Å². The summed E-state index contributed by atoms with van der Waals surface area (Å²) in [4.78, 5) is 22.4. The third-order valence-corrected chi connectivity index (χ3v) is 5.21. The lowest BCUT2D eigenvalue weighted by atomic mass is 10.0. The highest BCUT2D eigenvalue weighted by Crippen LogP contribution is 2.37. The number of benzene rings is 2. The first-order valence-corrected chi connectivity index (χ1v) is 9.42. The van der Waals surface area contributed by atoms with Crippen LogP contribution in [0.5, 0.6) is 0 Å². The van der Waals surface area contributed by atoms with E-state index in [1.807, 2.05) is 48.5 Å². The molecule has 0 spiro atoms. The van der Waals surface area contributed by atoms with Crippen molar-refractivity contribution in [1.82, 2.24) is 9.55 Å². The number of allylic oxidation sites excluding steroid dienone is 1. The number of rotatable bonds is 4. The molecule has 5 nitrogen and oxygen atoms in total. The summed E-state index contributed by atoms with van der Waals surface area (Å²) in [6.45, 7) is 4.11. The Labute approximate surface area is 164 Å². The molecule has 0 aliphatic carbocycles. The first kappa shape index (κ1) is 18.1. The van der Waals surface area contributed by atoms with Gasteiger partial charge in [-0.25, -0.2) is 14.3 Å². The van der Waals surface area contributed by atoms with Crippen molar-refractivity contribution in [3.8, 4) is 0 Å². The van der Waals surface area contributed by atoms with Gasteiger partial charge in [-0.3, -0.25) is 0 Å². The number of hydrogen-bond donors (Lipinski definition) is 0. The van der Waals surface area contributed by atoms with Crippen LogP contribution in [0.3, 0.4) is 0 Å². The number of imidazole rings is 1. The average molecular weight is 371 g/mol. The molecule has 1 aliphatic rings. The smallest absolute Gasteiger partial charge is 0.245 e.